The molecule has 1 saturated carbocycles. The van der Waals surface area contributed by atoms with Gasteiger partial charge in [0.2, 0.25) is 0 Å². The summed E-state index contributed by atoms with van der Waals surface area (Å²) in [6, 6.07) is 0.745. The lowest BCUT2D eigenvalue weighted by molar-refractivity contribution is 0.145. The molecular formula is C8H14N. The Morgan fingerprint density at radius 1 is 1.33 bits per heavy atom. The van der Waals surface area contributed by atoms with Crippen molar-refractivity contribution in [2.75, 3.05) is 6.54 Å². The van der Waals surface area contributed by atoms with Gasteiger partial charge in [0.15, 0.2) is 0 Å². The Kier molecular flexibility index (Phi) is 1.26. The van der Waals surface area contributed by atoms with E-state index in [4.69, 9.17) is 0 Å². The molecule has 1 heteroatoms. The van der Waals surface area contributed by atoms with Gasteiger partial charge in [-0.2, -0.15) is 0 Å². The second-order valence-corrected chi connectivity index (χ2v) is 3.59. The molecule has 1 aliphatic carbocycles. The number of piperidine rings is 2. The van der Waals surface area contributed by atoms with Crippen LogP contribution in [0.25, 0.3) is 0 Å². The van der Waals surface area contributed by atoms with E-state index in [-0.39, 0.29) is 0 Å². The highest BCUT2D eigenvalue weighted by atomic mass is 15.0. The Bertz CT molecular complexity index is 103. The summed E-state index contributed by atoms with van der Waals surface area (Å²) >= 11 is 0. The summed E-state index contributed by atoms with van der Waals surface area (Å²) in [7, 11) is 0. The van der Waals surface area contributed by atoms with E-state index < -0.39 is 0 Å². The lowest BCUT2D eigenvalue weighted by atomic mass is 9.75. The quantitative estimate of drug-likeness (QED) is 0.463. The van der Waals surface area contributed by atoms with E-state index in [9.17, 15) is 0 Å². The van der Waals surface area contributed by atoms with Crippen LogP contribution in [-0.4, -0.2) is 12.6 Å². The van der Waals surface area contributed by atoms with Crippen LogP contribution in [0.4, 0.5) is 0 Å². The van der Waals surface area contributed by atoms with Crippen LogP contribution in [0.5, 0.6) is 0 Å². The Balaban J connectivity index is 2.06. The van der Waals surface area contributed by atoms with Crippen molar-refractivity contribution in [1.29, 1.82) is 0 Å². The zero-order chi connectivity index (χ0) is 6.27. The van der Waals surface area contributed by atoms with Gasteiger partial charge in [0.05, 0.1) is 0 Å². The van der Waals surface area contributed by atoms with Crippen molar-refractivity contribution in [3.63, 3.8) is 0 Å². The van der Waals surface area contributed by atoms with Crippen molar-refractivity contribution in [2.45, 2.75) is 32.2 Å². The number of fused-ring (bicyclic) bond motifs is 3. The van der Waals surface area contributed by atoms with Crippen LogP contribution < -0.4 is 5.32 Å². The lowest BCUT2D eigenvalue weighted by Crippen LogP contribution is -2.44. The predicted molar refractivity (Wildman–Crippen MR) is 37.3 cm³/mol. The molecule has 3 atom stereocenters. The van der Waals surface area contributed by atoms with Crippen molar-refractivity contribution in [3.05, 3.63) is 0 Å². The third-order valence-electron chi connectivity index (χ3n) is 2.83. The molecule has 0 amide bonds. The first kappa shape index (κ1) is 5.72. The molecule has 2 heterocycles. The van der Waals surface area contributed by atoms with Crippen molar-refractivity contribution >= 4 is 0 Å². The summed E-state index contributed by atoms with van der Waals surface area (Å²) in [6.45, 7) is 3.52. The molecule has 1 nitrogen and oxygen atoms in total. The molecule has 2 saturated heterocycles. The SMILES string of the molecule is CC1CC2CCC1[N]C2. The van der Waals surface area contributed by atoms with Crippen molar-refractivity contribution in [3.8, 4) is 0 Å². The molecule has 0 aromatic heterocycles. The van der Waals surface area contributed by atoms with Crippen molar-refractivity contribution < 1.29 is 0 Å². The van der Waals surface area contributed by atoms with Gasteiger partial charge in [-0.05, 0) is 31.1 Å². The average Bonchev–Trinajstić information content (AvgIpc) is 1.90. The summed E-state index contributed by atoms with van der Waals surface area (Å²) in [5.41, 5.74) is 0. The summed E-state index contributed by atoms with van der Waals surface area (Å²) in [6.07, 6.45) is 4.29. The number of hydrogen-bond donors (Lipinski definition) is 0. The number of rotatable bonds is 0. The normalized spacial score (nSPS) is 49.7. The molecule has 2 aliphatic heterocycles. The van der Waals surface area contributed by atoms with E-state index in [1.807, 2.05) is 0 Å². The van der Waals surface area contributed by atoms with Gasteiger partial charge in [0.1, 0.15) is 0 Å². The fourth-order valence-corrected chi connectivity index (χ4v) is 2.21. The molecule has 0 spiro atoms. The smallest absolute Gasteiger partial charge is 0.0271 e. The predicted octanol–water partition coefficient (Wildman–Crippen LogP) is 1.41. The third-order valence-corrected chi connectivity index (χ3v) is 2.83. The van der Waals surface area contributed by atoms with Crippen LogP contribution in [0.2, 0.25) is 0 Å². The molecule has 3 fully saturated rings. The Morgan fingerprint density at radius 3 is 2.44 bits per heavy atom. The van der Waals surface area contributed by atoms with Crippen LogP contribution in [0.15, 0.2) is 0 Å². The standard InChI is InChI=1S/C8H14N/c1-6-4-7-2-3-8(6)9-5-7/h6-8H,2-5H2,1H3. The largest absolute Gasteiger partial charge is 0.238 e. The summed E-state index contributed by atoms with van der Waals surface area (Å²) in [5, 5.41) is 4.58. The van der Waals surface area contributed by atoms with Gasteiger partial charge in [0, 0.05) is 12.6 Å². The van der Waals surface area contributed by atoms with E-state index in [1.165, 1.54) is 25.8 Å². The molecule has 51 valence electrons. The molecule has 0 N–H and O–H groups in total. The highest BCUT2D eigenvalue weighted by molar-refractivity contribution is 4.88. The van der Waals surface area contributed by atoms with Crippen LogP contribution in [-0.2, 0) is 0 Å². The minimum absolute atomic E-state index is 0.745. The Hall–Kier alpha value is -0.0400. The van der Waals surface area contributed by atoms with Crippen LogP contribution in [0, 0.1) is 11.8 Å². The minimum atomic E-state index is 0.745. The van der Waals surface area contributed by atoms with Crippen LogP contribution in [0.3, 0.4) is 0 Å². The Labute approximate surface area is 56.8 Å². The van der Waals surface area contributed by atoms with Crippen LogP contribution >= 0.6 is 0 Å². The van der Waals surface area contributed by atoms with Crippen molar-refractivity contribution in [1.82, 2.24) is 5.32 Å². The zero-order valence-corrected chi connectivity index (χ0v) is 6.01. The summed E-state index contributed by atoms with van der Waals surface area (Å²) in [4.78, 5) is 0. The van der Waals surface area contributed by atoms with Gasteiger partial charge in [-0.3, -0.25) is 0 Å². The second kappa shape index (κ2) is 1.98. The first-order valence-corrected chi connectivity index (χ1v) is 4.03. The van der Waals surface area contributed by atoms with E-state index in [1.54, 1.807) is 0 Å². The highest BCUT2D eigenvalue weighted by Crippen LogP contribution is 2.33. The molecule has 0 aromatic rings. The first-order valence-electron chi connectivity index (χ1n) is 4.03. The van der Waals surface area contributed by atoms with Crippen molar-refractivity contribution in [2.24, 2.45) is 11.8 Å². The topological polar surface area (TPSA) is 14.1 Å². The maximum absolute atomic E-state index is 4.58. The van der Waals surface area contributed by atoms with E-state index in [2.05, 4.69) is 12.2 Å². The molecule has 3 aliphatic rings. The first-order chi connectivity index (χ1) is 4.36. The lowest BCUT2D eigenvalue weighted by Gasteiger charge is -2.40. The zero-order valence-electron chi connectivity index (χ0n) is 6.01. The van der Waals surface area contributed by atoms with Gasteiger partial charge in [-0.1, -0.05) is 6.92 Å². The molecule has 9 heavy (non-hydrogen) atoms. The molecule has 0 aromatic carbocycles. The molecule has 3 unspecified atom stereocenters. The van der Waals surface area contributed by atoms with Gasteiger partial charge < -0.3 is 0 Å². The number of hydrogen-bond acceptors (Lipinski definition) is 0. The summed E-state index contributed by atoms with van der Waals surface area (Å²) < 4.78 is 0. The monoisotopic (exact) mass is 124 g/mol. The fraction of sp³-hybridized carbons (Fsp3) is 1.00. The van der Waals surface area contributed by atoms with Gasteiger partial charge in [-0.15, -0.1) is 0 Å². The maximum Gasteiger partial charge on any atom is 0.0271 e. The average molecular weight is 124 g/mol. The molecule has 2 bridgehead atoms. The number of nitrogens with zero attached hydrogens (tertiary/aromatic N) is 1. The van der Waals surface area contributed by atoms with Gasteiger partial charge in [0.25, 0.3) is 0 Å². The Morgan fingerprint density at radius 2 is 2.22 bits per heavy atom. The van der Waals surface area contributed by atoms with E-state index in [0.717, 1.165) is 17.9 Å². The van der Waals surface area contributed by atoms with Gasteiger partial charge >= 0.3 is 0 Å². The van der Waals surface area contributed by atoms with Gasteiger partial charge in [-0.25, -0.2) is 5.32 Å². The molecule has 1 radical (unpaired) electrons. The second-order valence-electron chi connectivity index (χ2n) is 3.59. The molecule has 3 rings (SSSR count). The maximum atomic E-state index is 4.58. The minimum Gasteiger partial charge on any atom is -0.238 e. The van der Waals surface area contributed by atoms with E-state index >= 15 is 0 Å². The highest BCUT2D eigenvalue weighted by Gasteiger charge is 2.33. The van der Waals surface area contributed by atoms with E-state index in [0.29, 0.717) is 0 Å². The summed E-state index contributed by atoms with van der Waals surface area (Å²) in [5.74, 6) is 1.86. The molecular weight excluding hydrogens is 110 g/mol. The third kappa shape index (κ3) is 0.877. The van der Waals surface area contributed by atoms with Crippen LogP contribution in [0.1, 0.15) is 26.2 Å². The fourth-order valence-electron chi connectivity index (χ4n) is 2.21.